The van der Waals surface area contributed by atoms with Crippen LogP contribution in [0.5, 0.6) is 0 Å². The molecule has 0 unspecified atom stereocenters. The maximum atomic E-state index is 3.99. The van der Waals surface area contributed by atoms with E-state index in [0.717, 1.165) is 19.3 Å². The van der Waals surface area contributed by atoms with E-state index in [0.29, 0.717) is 5.92 Å². The van der Waals surface area contributed by atoms with Crippen LogP contribution >= 0.6 is 0 Å². The Bertz CT molecular complexity index is 531. The van der Waals surface area contributed by atoms with Crippen LogP contribution in [-0.4, -0.2) is 0 Å². The molecule has 2 aromatic carbocycles. The Hall–Kier alpha value is -1.82. The maximum Gasteiger partial charge on any atom is 0.00557 e. The Morgan fingerprint density at radius 1 is 0.778 bits per heavy atom. The average Bonchev–Trinajstić information content (AvgIpc) is 2.42. The lowest BCUT2D eigenvalue weighted by molar-refractivity contribution is 0.830. The van der Waals surface area contributed by atoms with Gasteiger partial charge in [-0.25, -0.2) is 0 Å². The highest BCUT2D eigenvalue weighted by atomic mass is 14.1. The third-order valence-corrected chi connectivity index (χ3v) is 3.87. The fraction of sp³-hybridized carbons (Fsp3) is 0.222. The molecule has 4 bridgehead atoms. The average molecular weight is 234 g/mol. The predicted molar refractivity (Wildman–Crippen MR) is 76.9 cm³/mol. The minimum Gasteiger partial charge on any atom is -0.102 e. The molecule has 0 aromatic heterocycles. The largest absolute Gasteiger partial charge is 0.102 e. The Morgan fingerprint density at radius 2 is 1.28 bits per heavy atom. The SMILES string of the molecule is C=C[C@@H]1Cc2ccc(cc2)CCc2ccc1cc2. The number of allylic oxidation sites excluding steroid dienone is 1. The van der Waals surface area contributed by atoms with Gasteiger partial charge in [0.15, 0.2) is 0 Å². The Morgan fingerprint density at radius 3 is 1.83 bits per heavy atom. The third-order valence-electron chi connectivity index (χ3n) is 3.87. The molecule has 0 heteroatoms. The van der Waals surface area contributed by atoms with Gasteiger partial charge in [0.05, 0.1) is 0 Å². The summed E-state index contributed by atoms with van der Waals surface area (Å²) in [5.74, 6) is 0.421. The van der Waals surface area contributed by atoms with Gasteiger partial charge in [-0.3, -0.25) is 0 Å². The zero-order valence-electron chi connectivity index (χ0n) is 10.6. The first-order valence-corrected chi connectivity index (χ1v) is 6.64. The zero-order valence-corrected chi connectivity index (χ0v) is 10.6. The van der Waals surface area contributed by atoms with E-state index >= 15 is 0 Å². The van der Waals surface area contributed by atoms with Gasteiger partial charge in [-0.15, -0.1) is 6.58 Å². The first-order valence-electron chi connectivity index (χ1n) is 6.64. The van der Waals surface area contributed by atoms with Crippen molar-refractivity contribution in [2.24, 2.45) is 0 Å². The molecule has 18 heavy (non-hydrogen) atoms. The van der Waals surface area contributed by atoms with Crippen LogP contribution in [0, 0.1) is 0 Å². The summed E-state index contributed by atoms with van der Waals surface area (Å²) in [5.41, 5.74) is 5.62. The fourth-order valence-electron chi connectivity index (χ4n) is 2.65. The summed E-state index contributed by atoms with van der Waals surface area (Å²) in [6.07, 6.45) is 5.36. The second-order valence-corrected chi connectivity index (χ2v) is 5.10. The number of hydrogen-bond acceptors (Lipinski definition) is 0. The molecule has 0 saturated carbocycles. The van der Waals surface area contributed by atoms with Crippen molar-refractivity contribution in [3.05, 3.63) is 83.4 Å². The van der Waals surface area contributed by atoms with E-state index in [1.54, 1.807) is 0 Å². The highest BCUT2D eigenvalue weighted by molar-refractivity contribution is 5.33. The Balaban J connectivity index is 2.04. The third kappa shape index (κ3) is 2.24. The standard InChI is InChI=1S/C18H18/c1-2-17-13-16-7-5-14(6-8-16)3-4-15-9-11-18(17)12-10-15/h2,5-12,17H,1,3-4,13H2/t17-/m1/s1. The van der Waals surface area contributed by atoms with Crippen molar-refractivity contribution in [3.8, 4) is 0 Å². The summed E-state index contributed by atoms with van der Waals surface area (Å²) < 4.78 is 0. The molecule has 4 aliphatic carbocycles. The minimum absolute atomic E-state index is 0.421. The van der Waals surface area contributed by atoms with Crippen molar-refractivity contribution in [2.75, 3.05) is 0 Å². The summed E-state index contributed by atoms with van der Waals surface area (Å²) in [6.45, 7) is 3.99. The molecule has 0 aliphatic heterocycles. The van der Waals surface area contributed by atoms with Crippen LogP contribution in [0.3, 0.4) is 0 Å². The smallest absolute Gasteiger partial charge is 0.00557 e. The fourth-order valence-corrected chi connectivity index (χ4v) is 2.65. The molecule has 90 valence electrons. The number of aryl methyl sites for hydroxylation is 2. The van der Waals surface area contributed by atoms with Gasteiger partial charge in [-0.05, 0) is 41.5 Å². The van der Waals surface area contributed by atoms with Crippen molar-refractivity contribution in [1.29, 1.82) is 0 Å². The molecule has 0 N–H and O–H groups in total. The molecule has 0 saturated heterocycles. The summed E-state index contributed by atoms with van der Waals surface area (Å²) in [6, 6.07) is 18.1. The molecule has 0 nitrogen and oxygen atoms in total. The topological polar surface area (TPSA) is 0 Å². The van der Waals surface area contributed by atoms with Crippen molar-refractivity contribution >= 4 is 0 Å². The highest BCUT2D eigenvalue weighted by Gasteiger charge is 2.10. The van der Waals surface area contributed by atoms with Crippen LogP contribution in [-0.2, 0) is 19.3 Å². The Kier molecular flexibility index (Phi) is 3.02. The van der Waals surface area contributed by atoms with E-state index in [4.69, 9.17) is 0 Å². The second-order valence-electron chi connectivity index (χ2n) is 5.10. The zero-order chi connectivity index (χ0) is 12.4. The van der Waals surface area contributed by atoms with E-state index in [1.807, 2.05) is 0 Å². The van der Waals surface area contributed by atoms with Gasteiger partial charge >= 0.3 is 0 Å². The van der Waals surface area contributed by atoms with Gasteiger partial charge in [0.2, 0.25) is 0 Å². The lowest BCUT2D eigenvalue weighted by atomic mass is 9.89. The number of hydrogen-bond donors (Lipinski definition) is 0. The van der Waals surface area contributed by atoms with Gasteiger partial charge in [0.25, 0.3) is 0 Å². The van der Waals surface area contributed by atoms with Crippen LogP contribution in [0.15, 0.2) is 61.2 Å². The monoisotopic (exact) mass is 234 g/mol. The number of rotatable bonds is 1. The van der Waals surface area contributed by atoms with Gasteiger partial charge in [0, 0.05) is 5.92 Å². The van der Waals surface area contributed by atoms with Crippen molar-refractivity contribution in [2.45, 2.75) is 25.2 Å². The van der Waals surface area contributed by atoms with Crippen molar-refractivity contribution < 1.29 is 0 Å². The second kappa shape index (κ2) is 4.81. The van der Waals surface area contributed by atoms with Gasteiger partial charge in [-0.1, -0.05) is 54.6 Å². The Labute approximate surface area is 109 Å². The lowest BCUT2D eigenvalue weighted by Crippen LogP contribution is -2.02. The van der Waals surface area contributed by atoms with E-state index in [1.165, 1.54) is 22.3 Å². The van der Waals surface area contributed by atoms with Gasteiger partial charge in [0.1, 0.15) is 0 Å². The van der Waals surface area contributed by atoms with E-state index in [9.17, 15) is 0 Å². The molecule has 2 aromatic rings. The van der Waals surface area contributed by atoms with E-state index in [2.05, 4.69) is 61.2 Å². The highest BCUT2D eigenvalue weighted by Crippen LogP contribution is 2.24. The van der Waals surface area contributed by atoms with Crippen LogP contribution < -0.4 is 0 Å². The molecule has 1 atom stereocenters. The predicted octanol–water partition coefficient (Wildman–Crippen LogP) is 4.30. The van der Waals surface area contributed by atoms with Gasteiger partial charge < -0.3 is 0 Å². The quantitative estimate of drug-likeness (QED) is 0.645. The normalized spacial score (nSPS) is 18.1. The first-order chi connectivity index (χ1) is 8.85. The summed E-state index contributed by atoms with van der Waals surface area (Å²) >= 11 is 0. The van der Waals surface area contributed by atoms with Crippen molar-refractivity contribution in [1.82, 2.24) is 0 Å². The molecule has 0 fully saturated rings. The summed E-state index contributed by atoms with van der Waals surface area (Å²) in [5, 5.41) is 0. The molecule has 0 heterocycles. The van der Waals surface area contributed by atoms with Gasteiger partial charge in [-0.2, -0.15) is 0 Å². The van der Waals surface area contributed by atoms with Crippen LogP contribution in [0.25, 0.3) is 0 Å². The minimum atomic E-state index is 0.421. The summed E-state index contributed by atoms with van der Waals surface area (Å²) in [7, 11) is 0. The van der Waals surface area contributed by atoms with Crippen LogP contribution in [0.1, 0.15) is 28.2 Å². The molecule has 0 radical (unpaired) electrons. The molecule has 0 amide bonds. The molecule has 6 rings (SSSR count). The molecule has 0 spiro atoms. The summed E-state index contributed by atoms with van der Waals surface area (Å²) in [4.78, 5) is 0. The van der Waals surface area contributed by atoms with Crippen molar-refractivity contribution in [3.63, 3.8) is 0 Å². The maximum absolute atomic E-state index is 3.99. The molecular weight excluding hydrogens is 216 g/mol. The number of benzene rings is 2. The van der Waals surface area contributed by atoms with E-state index < -0.39 is 0 Å². The van der Waals surface area contributed by atoms with Crippen LogP contribution in [0.2, 0.25) is 0 Å². The molecular formula is C18H18. The first kappa shape index (κ1) is 11.3. The van der Waals surface area contributed by atoms with Crippen LogP contribution in [0.4, 0.5) is 0 Å². The van der Waals surface area contributed by atoms with E-state index in [-0.39, 0.29) is 0 Å². The molecule has 4 aliphatic rings. The lowest BCUT2D eigenvalue weighted by Gasteiger charge is -2.15.